The molecule has 1 heterocycles. The number of fused-ring (bicyclic) bond motifs is 1. The Balaban J connectivity index is 2.12. The Morgan fingerprint density at radius 1 is 0.789 bits per heavy atom. The van der Waals surface area contributed by atoms with Gasteiger partial charge in [-0.05, 0) is 18.2 Å². The minimum Gasteiger partial charge on any atom is -0.435 e. The van der Waals surface area contributed by atoms with Crippen molar-refractivity contribution >= 4 is 34.0 Å². The molecule has 19 heavy (non-hydrogen) atoms. The van der Waals surface area contributed by atoms with Gasteiger partial charge < -0.3 is 4.74 Å². The van der Waals surface area contributed by atoms with Crippen molar-refractivity contribution in [1.29, 1.82) is 0 Å². The molecule has 0 spiro atoms. The maximum atomic E-state index is 6.06. The molecule has 3 nitrogen and oxygen atoms in total. The zero-order valence-corrected chi connectivity index (χ0v) is 11.2. The molecule has 0 aliphatic rings. The average molecular weight is 291 g/mol. The second-order valence-electron chi connectivity index (χ2n) is 3.87. The predicted octanol–water partition coefficient (Wildman–Crippen LogP) is 4.73. The predicted molar refractivity (Wildman–Crippen MR) is 76.1 cm³/mol. The Bertz CT molecular complexity index is 746. The summed E-state index contributed by atoms with van der Waals surface area (Å²) < 4.78 is 5.71. The number of aromatic nitrogens is 2. The third kappa shape index (κ3) is 2.35. The topological polar surface area (TPSA) is 35.0 Å². The summed E-state index contributed by atoms with van der Waals surface area (Å²) in [6.07, 6.45) is 0. The van der Waals surface area contributed by atoms with Gasteiger partial charge in [0.15, 0.2) is 5.15 Å². The summed E-state index contributed by atoms with van der Waals surface area (Å²) in [6.45, 7) is 0. The molecule has 2 aromatic carbocycles. The molecule has 0 saturated carbocycles. The molecule has 0 aliphatic carbocycles. The van der Waals surface area contributed by atoms with Gasteiger partial charge in [0.2, 0.25) is 5.88 Å². The summed E-state index contributed by atoms with van der Waals surface area (Å²) in [4.78, 5) is 0. The van der Waals surface area contributed by atoms with Crippen LogP contribution in [-0.2, 0) is 0 Å². The van der Waals surface area contributed by atoms with Crippen LogP contribution in [0.3, 0.4) is 0 Å². The lowest BCUT2D eigenvalue weighted by Crippen LogP contribution is -1.93. The van der Waals surface area contributed by atoms with Crippen molar-refractivity contribution < 1.29 is 4.74 Å². The molecule has 0 unspecified atom stereocenters. The van der Waals surface area contributed by atoms with Crippen LogP contribution in [0, 0.1) is 0 Å². The lowest BCUT2D eigenvalue weighted by Gasteiger charge is -2.08. The van der Waals surface area contributed by atoms with E-state index in [1.807, 2.05) is 36.4 Å². The highest BCUT2D eigenvalue weighted by molar-refractivity contribution is 6.34. The molecule has 3 aromatic rings. The van der Waals surface area contributed by atoms with Crippen molar-refractivity contribution in [2.75, 3.05) is 0 Å². The van der Waals surface area contributed by atoms with Gasteiger partial charge in [-0.15, -0.1) is 10.2 Å². The first-order chi connectivity index (χ1) is 9.25. The second-order valence-corrected chi connectivity index (χ2v) is 4.64. The van der Waals surface area contributed by atoms with Gasteiger partial charge in [0.1, 0.15) is 5.75 Å². The van der Waals surface area contributed by atoms with Gasteiger partial charge in [-0.1, -0.05) is 53.5 Å². The summed E-state index contributed by atoms with van der Waals surface area (Å²) in [7, 11) is 0. The summed E-state index contributed by atoms with van der Waals surface area (Å²) >= 11 is 12.1. The molecule has 0 N–H and O–H groups in total. The van der Waals surface area contributed by atoms with Gasteiger partial charge in [0, 0.05) is 10.8 Å². The molecular weight excluding hydrogens is 283 g/mol. The van der Waals surface area contributed by atoms with E-state index in [9.17, 15) is 0 Å². The maximum Gasteiger partial charge on any atom is 0.246 e. The van der Waals surface area contributed by atoms with Crippen molar-refractivity contribution in [3.05, 3.63) is 58.7 Å². The number of hydrogen-bond donors (Lipinski definition) is 0. The van der Waals surface area contributed by atoms with Crippen LogP contribution in [0.2, 0.25) is 10.2 Å². The van der Waals surface area contributed by atoms with Crippen LogP contribution in [0.1, 0.15) is 0 Å². The normalized spacial score (nSPS) is 10.6. The highest BCUT2D eigenvalue weighted by atomic mass is 35.5. The SMILES string of the molecule is Clc1ccccc1Oc1nnc(Cl)c2ccccc12. The van der Waals surface area contributed by atoms with Gasteiger partial charge in [0.25, 0.3) is 0 Å². The molecule has 0 amide bonds. The van der Waals surface area contributed by atoms with E-state index in [1.54, 1.807) is 12.1 Å². The van der Waals surface area contributed by atoms with Gasteiger partial charge in [-0.2, -0.15) is 0 Å². The van der Waals surface area contributed by atoms with E-state index in [1.165, 1.54) is 0 Å². The molecule has 1 aromatic heterocycles. The van der Waals surface area contributed by atoms with Crippen molar-refractivity contribution in [2.45, 2.75) is 0 Å². The molecule has 0 atom stereocenters. The molecule has 3 rings (SSSR count). The van der Waals surface area contributed by atoms with Crippen molar-refractivity contribution in [3.63, 3.8) is 0 Å². The van der Waals surface area contributed by atoms with Gasteiger partial charge in [-0.25, -0.2) is 0 Å². The van der Waals surface area contributed by atoms with E-state index < -0.39 is 0 Å². The van der Waals surface area contributed by atoms with Crippen LogP contribution in [0.25, 0.3) is 10.8 Å². The van der Waals surface area contributed by atoms with Crippen LogP contribution in [0.15, 0.2) is 48.5 Å². The van der Waals surface area contributed by atoms with Gasteiger partial charge >= 0.3 is 0 Å². The minimum absolute atomic E-state index is 0.349. The Morgan fingerprint density at radius 2 is 1.47 bits per heavy atom. The Labute approximate surface area is 119 Å². The number of nitrogens with zero attached hydrogens (tertiary/aromatic N) is 2. The zero-order valence-electron chi connectivity index (χ0n) is 9.68. The fourth-order valence-electron chi connectivity index (χ4n) is 1.75. The Kier molecular flexibility index (Phi) is 3.23. The number of hydrogen-bond acceptors (Lipinski definition) is 3. The second kappa shape index (κ2) is 5.03. The quantitative estimate of drug-likeness (QED) is 0.684. The Hall–Kier alpha value is -1.84. The van der Waals surface area contributed by atoms with Crippen LogP contribution >= 0.6 is 23.2 Å². The monoisotopic (exact) mass is 290 g/mol. The van der Waals surface area contributed by atoms with Crippen LogP contribution in [0.4, 0.5) is 0 Å². The lowest BCUT2D eigenvalue weighted by atomic mass is 10.2. The molecule has 0 aliphatic heterocycles. The zero-order chi connectivity index (χ0) is 13.2. The average Bonchev–Trinajstić information content (AvgIpc) is 2.44. The van der Waals surface area contributed by atoms with E-state index in [2.05, 4.69) is 10.2 Å². The standard InChI is InChI=1S/C14H8Cl2N2O/c15-11-7-3-4-8-12(11)19-14-10-6-2-1-5-9(10)13(16)17-18-14/h1-8H. The largest absolute Gasteiger partial charge is 0.435 e. The van der Waals surface area contributed by atoms with Gasteiger partial charge in [0.05, 0.1) is 5.02 Å². The van der Waals surface area contributed by atoms with Gasteiger partial charge in [-0.3, -0.25) is 0 Å². The van der Waals surface area contributed by atoms with Crippen molar-refractivity contribution in [1.82, 2.24) is 10.2 Å². The first-order valence-corrected chi connectivity index (χ1v) is 6.34. The van der Waals surface area contributed by atoms with Crippen LogP contribution in [0.5, 0.6) is 11.6 Å². The molecule has 94 valence electrons. The molecular formula is C14H8Cl2N2O. The smallest absolute Gasteiger partial charge is 0.246 e. The molecule has 0 radical (unpaired) electrons. The third-order valence-electron chi connectivity index (χ3n) is 2.65. The number of benzene rings is 2. The summed E-state index contributed by atoms with van der Waals surface area (Å²) in [5, 5.41) is 10.3. The Morgan fingerprint density at radius 3 is 2.26 bits per heavy atom. The van der Waals surface area contributed by atoms with Crippen LogP contribution in [-0.4, -0.2) is 10.2 Å². The van der Waals surface area contributed by atoms with E-state index in [4.69, 9.17) is 27.9 Å². The first-order valence-electron chi connectivity index (χ1n) is 5.59. The van der Waals surface area contributed by atoms with E-state index in [0.717, 1.165) is 10.8 Å². The van der Waals surface area contributed by atoms with Crippen molar-refractivity contribution in [3.8, 4) is 11.6 Å². The fourth-order valence-corrected chi connectivity index (χ4v) is 2.13. The molecule has 5 heteroatoms. The summed E-state index contributed by atoms with van der Waals surface area (Å²) in [5.41, 5.74) is 0. The fraction of sp³-hybridized carbons (Fsp3) is 0. The highest BCUT2D eigenvalue weighted by Gasteiger charge is 2.10. The summed E-state index contributed by atoms with van der Waals surface area (Å²) in [5.74, 6) is 0.916. The van der Waals surface area contributed by atoms with E-state index in [-0.39, 0.29) is 0 Å². The number of para-hydroxylation sites is 1. The molecule has 0 bridgehead atoms. The molecule has 0 saturated heterocycles. The lowest BCUT2D eigenvalue weighted by molar-refractivity contribution is 0.462. The number of rotatable bonds is 2. The summed E-state index contributed by atoms with van der Waals surface area (Å²) in [6, 6.07) is 14.7. The first kappa shape index (κ1) is 12.2. The minimum atomic E-state index is 0.349. The van der Waals surface area contributed by atoms with E-state index >= 15 is 0 Å². The number of halogens is 2. The van der Waals surface area contributed by atoms with Crippen LogP contribution < -0.4 is 4.74 Å². The van der Waals surface area contributed by atoms with E-state index in [0.29, 0.717) is 21.8 Å². The highest BCUT2D eigenvalue weighted by Crippen LogP contribution is 2.33. The van der Waals surface area contributed by atoms with Crippen molar-refractivity contribution in [2.24, 2.45) is 0 Å². The maximum absolute atomic E-state index is 6.06. The number of ether oxygens (including phenoxy) is 1. The molecule has 0 fully saturated rings. The third-order valence-corrected chi connectivity index (χ3v) is 3.24.